The quantitative estimate of drug-likeness (QED) is 0.0463. The average molecular weight is 1130 g/mol. The average Bonchev–Trinajstić information content (AvgIpc) is 4.20. The third kappa shape index (κ3) is 12.4. The monoisotopic (exact) mass is 1120 g/mol. The largest absolute Gasteiger partial charge is 0.482 e. The molecular formula is C56H44Br3N3O8. The van der Waals surface area contributed by atoms with Crippen molar-refractivity contribution >= 4 is 71.4 Å². The molecule has 0 saturated carbocycles. The molecule has 3 heterocycles. The number of H-pyrrole nitrogens is 3. The summed E-state index contributed by atoms with van der Waals surface area (Å²) in [6, 6.07) is 50.0. The molecule has 9 aromatic rings. The lowest BCUT2D eigenvalue weighted by Gasteiger charge is -2.07. The van der Waals surface area contributed by atoms with Gasteiger partial charge in [-0.25, -0.2) is 0 Å². The number of ether oxygens (including phenoxy) is 4. The second-order valence-corrected chi connectivity index (χ2v) is 16.3. The molecule has 0 aliphatic heterocycles. The van der Waals surface area contributed by atoms with Gasteiger partial charge in [0.15, 0.2) is 23.6 Å². The van der Waals surface area contributed by atoms with Crippen LogP contribution in [0.25, 0.3) is 33.4 Å². The molecule has 0 aliphatic rings. The predicted octanol–water partition coefficient (Wildman–Crippen LogP) is 13.8. The predicted molar refractivity (Wildman–Crippen MR) is 284 cm³/mol. The second-order valence-electron chi connectivity index (χ2n) is 14.9. The molecule has 0 saturated heterocycles. The first-order valence-electron chi connectivity index (χ1n) is 21.5. The molecule has 0 aliphatic carbocycles. The van der Waals surface area contributed by atoms with E-state index in [0.29, 0.717) is 72.8 Å². The van der Waals surface area contributed by atoms with Crippen molar-refractivity contribution < 1.29 is 38.1 Å². The minimum Gasteiger partial charge on any atom is -0.482 e. The molecule has 0 atom stereocenters. The van der Waals surface area contributed by atoms with E-state index in [1.54, 1.807) is 62.1 Å². The Kier molecular flexibility index (Phi) is 18.1. The normalized spacial score (nSPS) is 10.4. The Labute approximate surface area is 429 Å². The minimum atomic E-state index is -0.129. The van der Waals surface area contributed by atoms with Crippen LogP contribution in [0.1, 0.15) is 58.3 Å². The van der Waals surface area contributed by atoms with E-state index in [-0.39, 0.29) is 17.3 Å². The van der Waals surface area contributed by atoms with Crippen molar-refractivity contribution in [2.75, 3.05) is 23.7 Å². The fraction of sp³-hybridized carbons (Fsp3) is 0.0714. The summed E-state index contributed by atoms with van der Waals surface area (Å²) in [5.74, 6) is 2.51. The van der Waals surface area contributed by atoms with Crippen LogP contribution < -0.4 is 18.9 Å². The van der Waals surface area contributed by atoms with E-state index >= 15 is 0 Å². The number of alkyl halides is 3. The van der Waals surface area contributed by atoms with Gasteiger partial charge in [-0.3, -0.25) is 19.2 Å². The summed E-state index contributed by atoms with van der Waals surface area (Å²) in [5.41, 5.74) is 10.2. The number of ketones is 3. The first kappa shape index (κ1) is 50.4. The summed E-state index contributed by atoms with van der Waals surface area (Å²) >= 11 is 9.66. The summed E-state index contributed by atoms with van der Waals surface area (Å²) in [6.07, 6.45) is 7.68. The number of halogens is 3. The molecule has 0 amide bonds. The molecule has 0 unspecified atom stereocenters. The van der Waals surface area contributed by atoms with Crippen LogP contribution >= 0.6 is 47.8 Å². The Morgan fingerprint density at radius 1 is 0.471 bits per heavy atom. The molecule has 70 heavy (non-hydrogen) atoms. The van der Waals surface area contributed by atoms with E-state index in [1.807, 2.05) is 134 Å². The van der Waals surface area contributed by atoms with E-state index in [4.69, 9.17) is 18.9 Å². The zero-order valence-corrected chi connectivity index (χ0v) is 42.3. The van der Waals surface area contributed by atoms with Crippen LogP contribution in [0.5, 0.6) is 23.1 Å². The van der Waals surface area contributed by atoms with Gasteiger partial charge < -0.3 is 33.9 Å². The standard InChI is InChI=1S/C19H16BrNO3.C19H14BrNO3.C18H14BrNO2/c1-23-19-17(18(22)14-5-3-2-4-6-14)16(11-21-19)13-7-9-15(10-8-13)24-12-20;20-12-24-15-8-6-13(7-9-15)18-16(10-21-17(18)11-22)19(23)14-4-2-1-3-5-14;19-12-22-15-8-6-13(7-9-15)16-10-20-11-17(16)18(21)14-4-2-1-3-5-14/h2-11,21H,12H2,1H3;1-11,21H,12H2;1-11,20H,12H2. The van der Waals surface area contributed by atoms with Crippen LogP contribution in [0.15, 0.2) is 189 Å². The lowest BCUT2D eigenvalue weighted by atomic mass is 9.96. The van der Waals surface area contributed by atoms with Crippen molar-refractivity contribution in [3.8, 4) is 56.5 Å². The van der Waals surface area contributed by atoms with Gasteiger partial charge in [0.25, 0.3) is 0 Å². The third-order valence-electron chi connectivity index (χ3n) is 10.8. The maximum absolute atomic E-state index is 12.9. The van der Waals surface area contributed by atoms with Crippen LogP contribution in [-0.2, 0) is 0 Å². The number of nitrogens with one attached hydrogen (secondary N) is 3. The smallest absolute Gasteiger partial charge is 0.202 e. The molecule has 6 aromatic carbocycles. The number of aromatic nitrogens is 3. The summed E-state index contributed by atoms with van der Waals surface area (Å²) in [5, 5.41) is 0. The molecule has 3 aromatic heterocycles. The molecular weight excluding hydrogens is 1080 g/mol. The van der Waals surface area contributed by atoms with Gasteiger partial charge in [0.2, 0.25) is 5.88 Å². The zero-order chi connectivity index (χ0) is 49.2. The van der Waals surface area contributed by atoms with E-state index < -0.39 is 0 Å². The van der Waals surface area contributed by atoms with Crippen LogP contribution in [0.3, 0.4) is 0 Å². The second kappa shape index (κ2) is 25.2. The molecule has 0 fully saturated rings. The molecule has 9 rings (SSSR count). The highest BCUT2D eigenvalue weighted by Gasteiger charge is 2.23. The van der Waals surface area contributed by atoms with Gasteiger partial charge in [-0.05, 0) is 101 Å². The Morgan fingerprint density at radius 2 is 0.900 bits per heavy atom. The Balaban J connectivity index is 0.000000155. The molecule has 14 heteroatoms. The SMILES string of the molecule is COc1[nH]cc(-c2ccc(OCBr)cc2)c1C(=O)c1ccccc1.O=C(c1ccccc1)c1c[nH]cc1-c1ccc(OCBr)cc1.O=Cc1[nH]cc(C(=O)c2ccccc2)c1-c1ccc(OCBr)cc1. The molecule has 3 N–H and O–H groups in total. The summed E-state index contributed by atoms with van der Waals surface area (Å²) in [4.78, 5) is 58.6. The van der Waals surface area contributed by atoms with Crippen molar-refractivity contribution in [3.05, 3.63) is 228 Å². The van der Waals surface area contributed by atoms with Crippen LogP contribution in [0.2, 0.25) is 0 Å². The van der Waals surface area contributed by atoms with E-state index in [1.165, 1.54) is 0 Å². The van der Waals surface area contributed by atoms with Gasteiger partial charge in [-0.2, -0.15) is 0 Å². The fourth-order valence-corrected chi connectivity index (χ4v) is 8.22. The van der Waals surface area contributed by atoms with Crippen molar-refractivity contribution in [2.45, 2.75) is 0 Å². The number of rotatable bonds is 17. The number of hydrogen-bond donors (Lipinski definition) is 3. The van der Waals surface area contributed by atoms with Gasteiger partial charge in [0.1, 0.15) is 33.8 Å². The van der Waals surface area contributed by atoms with Crippen molar-refractivity contribution in [1.82, 2.24) is 15.0 Å². The minimum absolute atomic E-state index is 0.0117. The van der Waals surface area contributed by atoms with Gasteiger partial charge in [-0.1, -0.05) is 127 Å². The number of aromatic amines is 3. The third-order valence-corrected chi connectivity index (χ3v) is 11.5. The number of benzene rings is 6. The number of carbonyl (C=O) groups is 4. The lowest BCUT2D eigenvalue weighted by Crippen LogP contribution is -2.03. The highest BCUT2D eigenvalue weighted by atomic mass is 79.9. The number of hydrogen-bond acceptors (Lipinski definition) is 8. The van der Waals surface area contributed by atoms with Gasteiger partial charge in [0.05, 0.1) is 18.4 Å². The van der Waals surface area contributed by atoms with Crippen LogP contribution in [0, 0.1) is 0 Å². The van der Waals surface area contributed by atoms with Crippen LogP contribution in [0.4, 0.5) is 0 Å². The van der Waals surface area contributed by atoms with Gasteiger partial charge in [0, 0.05) is 69.3 Å². The Hall–Kier alpha value is -7.52. The maximum Gasteiger partial charge on any atom is 0.202 e. The van der Waals surface area contributed by atoms with Gasteiger partial charge >= 0.3 is 0 Å². The first-order chi connectivity index (χ1) is 34.3. The van der Waals surface area contributed by atoms with Gasteiger partial charge in [-0.15, -0.1) is 0 Å². The zero-order valence-electron chi connectivity index (χ0n) is 37.5. The fourth-order valence-electron chi connectivity index (χ4n) is 7.42. The molecule has 0 spiro atoms. The highest BCUT2D eigenvalue weighted by molar-refractivity contribution is 9.09. The van der Waals surface area contributed by atoms with Crippen LogP contribution in [-0.4, -0.2) is 62.2 Å². The van der Waals surface area contributed by atoms with Crippen molar-refractivity contribution in [2.24, 2.45) is 0 Å². The summed E-state index contributed by atoms with van der Waals surface area (Å²) < 4.78 is 21.5. The maximum atomic E-state index is 12.9. The van der Waals surface area contributed by atoms with E-state index in [9.17, 15) is 19.2 Å². The number of methoxy groups -OCH3 is 1. The Bertz CT molecular complexity index is 3120. The van der Waals surface area contributed by atoms with E-state index in [2.05, 4.69) is 62.7 Å². The first-order valence-corrected chi connectivity index (χ1v) is 24.9. The van der Waals surface area contributed by atoms with Crippen molar-refractivity contribution in [1.29, 1.82) is 0 Å². The van der Waals surface area contributed by atoms with Crippen molar-refractivity contribution in [3.63, 3.8) is 0 Å². The Morgan fingerprint density at radius 3 is 1.34 bits per heavy atom. The summed E-state index contributed by atoms with van der Waals surface area (Å²) in [6.45, 7) is 0. The number of carbonyl (C=O) groups excluding carboxylic acids is 4. The highest BCUT2D eigenvalue weighted by Crippen LogP contribution is 2.34. The summed E-state index contributed by atoms with van der Waals surface area (Å²) in [7, 11) is 1.55. The molecule has 0 radical (unpaired) electrons. The van der Waals surface area contributed by atoms with E-state index in [0.717, 1.165) is 45.6 Å². The number of aldehydes is 1. The topological polar surface area (TPSA) is 153 Å². The lowest BCUT2D eigenvalue weighted by molar-refractivity contribution is 0.102. The molecule has 0 bridgehead atoms. The molecule has 11 nitrogen and oxygen atoms in total. The molecule has 352 valence electrons.